The molecule has 0 bridgehead atoms. The predicted octanol–water partition coefficient (Wildman–Crippen LogP) is 2.76. The molecule has 0 radical (unpaired) electrons. The molecule has 176 valence electrons. The van der Waals surface area contributed by atoms with E-state index >= 15 is 0 Å². The monoisotopic (exact) mass is 472 g/mol. The normalized spacial score (nSPS) is 21.4. The Hall–Kier alpha value is -3.47. The van der Waals surface area contributed by atoms with Crippen molar-refractivity contribution in [3.8, 4) is 17.1 Å². The summed E-state index contributed by atoms with van der Waals surface area (Å²) in [4.78, 5) is 19.3. The lowest BCUT2D eigenvalue weighted by atomic mass is 10.0. The summed E-state index contributed by atoms with van der Waals surface area (Å²) in [5.41, 5.74) is 0.344. The number of fused-ring (bicyclic) bond motifs is 3. The van der Waals surface area contributed by atoms with Crippen LogP contribution in [0.4, 0.5) is 13.2 Å². The molecule has 1 spiro atoms. The van der Waals surface area contributed by atoms with E-state index in [2.05, 4.69) is 4.98 Å². The van der Waals surface area contributed by atoms with Gasteiger partial charge in [-0.2, -0.15) is 18.3 Å². The number of amides is 1. The van der Waals surface area contributed by atoms with Gasteiger partial charge < -0.3 is 9.47 Å². The first kappa shape index (κ1) is 21.1. The van der Waals surface area contributed by atoms with Crippen LogP contribution >= 0.6 is 0 Å². The SMILES string of the molecule is O=C(c1c(-c2ccccc2)nn2c1COCC2)N1CCC[C@@]12COc1cnc(C(F)(F)F)c[n+]12. The molecule has 1 aromatic carbocycles. The van der Waals surface area contributed by atoms with Gasteiger partial charge >= 0.3 is 12.1 Å². The maximum atomic E-state index is 14.1. The fourth-order valence-corrected chi connectivity index (χ4v) is 5.10. The van der Waals surface area contributed by atoms with Crippen LogP contribution in [0.3, 0.4) is 0 Å². The lowest BCUT2D eigenvalue weighted by Crippen LogP contribution is -2.63. The Labute approximate surface area is 192 Å². The molecule has 3 aromatic rings. The zero-order chi connectivity index (χ0) is 23.5. The molecular formula is C23H21F3N5O3+. The number of alkyl halides is 3. The number of carbonyl (C=O) groups is 1. The lowest BCUT2D eigenvalue weighted by Gasteiger charge is -2.29. The first-order valence-electron chi connectivity index (χ1n) is 11.1. The molecule has 3 aliphatic heterocycles. The highest BCUT2D eigenvalue weighted by atomic mass is 19.4. The van der Waals surface area contributed by atoms with Crippen LogP contribution in [0.1, 0.15) is 34.6 Å². The third-order valence-corrected chi connectivity index (χ3v) is 6.70. The lowest BCUT2D eigenvalue weighted by molar-refractivity contribution is -0.763. The Morgan fingerprint density at radius 2 is 2.00 bits per heavy atom. The van der Waals surface area contributed by atoms with Gasteiger partial charge in [-0.3, -0.25) is 14.4 Å². The Bertz CT molecular complexity index is 1280. The van der Waals surface area contributed by atoms with E-state index in [0.29, 0.717) is 49.5 Å². The van der Waals surface area contributed by atoms with Crippen LogP contribution in [0.25, 0.3) is 11.3 Å². The van der Waals surface area contributed by atoms with Crippen molar-refractivity contribution >= 4 is 5.91 Å². The molecule has 1 atom stereocenters. The number of halogens is 3. The molecule has 1 amide bonds. The van der Waals surface area contributed by atoms with Gasteiger partial charge in [0.1, 0.15) is 11.9 Å². The molecule has 5 heterocycles. The van der Waals surface area contributed by atoms with Crippen molar-refractivity contribution in [2.75, 3.05) is 19.8 Å². The van der Waals surface area contributed by atoms with Gasteiger partial charge in [0, 0.05) is 18.5 Å². The summed E-state index contributed by atoms with van der Waals surface area (Å²) in [5, 5.41) is 4.71. The van der Waals surface area contributed by atoms with Gasteiger partial charge in [0.2, 0.25) is 11.9 Å². The van der Waals surface area contributed by atoms with E-state index in [0.717, 1.165) is 18.0 Å². The molecule has 0 N–H and O–H groups in total. The quantitative estimate of drug-likeness (QED) is 0.537. The van der Waals surface area contributed by atoms with Crippen molar-refractivity contribution in [3.05, 3.63) is 59.7 Å². The maximum absolute atomic E-state index is 14.1. The molecule has 1 fully saturated rings. The van der Waals surface area contributed by atoms with Crippen molar-refractivity contribution < 1.29 is 32.0 Å². The third kappa shape index (κ3) is 3.10. The van der Waals surface area contributed by atoms with Crippen LogP contribution in [-0.2, 0) is 29.7 Å². The number of aromatic nitrogens is 4. The van der Waals surface area contributed by atoms with E-state index in [1.165, 1.54) is 4.57 Å². The zero-order valence-corrected chi connectivity index (χ0v) is 18.1. The third-order valence-electron chi connectivity index (χ3n) is 6.70. The van der Waals surface area contributed by atoms with Crippen LogP contribution < -0.4 is 9.30 Å². The van der Waals surface area contributed by atoms with Crippen LogP contribution in [0.2, 0.25) is 0 Å². The van der Waals surface area contributed by atoms with E-state index in [1.807, 2.05) is 30.3 Å². The summed E-state index contributed by atoms with van der Waals surface area (Å²) in [6.07, 6.45) is -1.49. The van der Waals surface area contributed by atoms with Crippen molar-refractivity contribution in [2.45, 2.75) is 37.8 Å². The summed E-state index contributed by atoms with van der Waals surface area (Å²) in [5.74, 6) is -0.0891. The zero-order valence-electron chi connectivity index (χ0n) is 18.1. The van der Waals surface area contributed by atoms with Crippen LogP contribution in [0.5, 0.6) is 5.88 Å². The smallest absolute Gasteiger partial charge is 0.433 e. The minimum Gasteiger partial charge on any atom is -0.433 e. The largest absolute Gasteiger partial charge is 0.439 e. The number of benzene rings is 1. The molecule has 0 aliphatic carbocycles. The highest BCUT2D eigenvalue weighted by Gasteiger charge is 2.59. The number of nitrogens with zero attached hydrogens (tertiary/aromatic N) is 5. The summed E-state index contributed by atoms with van der Waals surface area (Å²) in [7, 11) is 0. The van der Waals surface area contributed by atoms with Crippen LogP contribution in [0, 0.1) is 0 Å². The van der Waals surface area contributed by atoms with E-state index in [9.17, 15) is 18.0 Å². The van der Waals surface area contributed by atoms with Gasteiger partial charge in [0.05, 0.1) is 31.0 Å². The molecule has 11 heteroatoms. The second-order valence-electron chi connectivity index (χ2n) is 8.62. The van der Waals surface area contributed by atoms with Crippen molar-refractivity contribution in [1.29, 1.82) is 0 Å². The first-order valence-corrected chi connectivity index (χ1v) is 11.1. The van der Waals surface area contributed by atoms with E-state index in [1.54, 1.807) is 9.58 Å². The Kier molecular flexibility index (Phi) is 4.67. The van der Waals surface area contributed by atoms with Gasteiger partial charge in [-0.15, -0.1) is 4.57 Å². The Morgan fingerprint density at radius 1 is 1.18 bits per heavy atom. The molecule has 6 rings (SSSR count). The van der Waals surface area contributed by atoms with Gasteiger partial charge in [-0.25, -0.2) is 4.98 Å². The standard InChI is InChI=1S/C23H21F3N5O3/c24-23(25,26)17-12-30-18(11-27-17)34-14-22(30)7-4-8-29(22)21(32)19-16-13-33-10-9-31(16)28-20(19)15-5-2-1-3-6-15/h1-3,5-6,11-12H,4,7-10,13-14H2/q+1/t22-/m1/s1. The molecule has 1 saturated heterocycles. The molecular weight excluding hydrogens is 451 g/mol. The van der Waals surface area contributed by atoms with E-state index in [-0.39, 0.29) is 25.0 Å². The fourth-order valence-electron chi connectivity index (χ4n) is 5.10. The molecule has 34 heavy (non-hydrogen) atoms. The average Bonchev–Trinajstić information content (AvgIpc) is 3.55. The van der Waals surface area contributed by atoms with Crippen molar-refractivity contribution in [3.63, 3.8) is 0 Å². The molecule has 0 saturated carbocycles. The number of ether oxygens (including phenoxy) is 2. The summed E-state index contributed by atoms with van der Waals surface area (Å²) >= 11 is 0. The summed E-state index contributed by atoms with van der Waals surface area (Å²) in [6.45, 7) is 1.70. The highest BCUT2D eigenvalue weighted by Crippen LogP contribution is 2.39. The van der Waals surface area contributed by atoms with E-state index in [4.69, 9.17) is 14.6 Å². The van der Waals surface area contributed by atoms with Crippen LogP contribution in [-0.4, -0.2) is 45.3 Å². The Morgan fingerprint density at radius 3 is 2.79 bits per heavy atom. The fraction of sp³-hybridized carbons (Fsp3) is 0.391. The number of carbonyl (C=O) groups excluding carboxylic acids is 1. The second kappa shape index (κ2) is 7.52. The predicted molar refractivity (Wildman–Crippen MR) is 110 cm³/mol. The Balaban J connectivity index is 1.47. The number of likely N-dealkylation sites (tertiary alicyclic amines) is 1. The van der Waals surface area contributed by atoms with Crippen molar-refractivity contribution in [2.24, 2.45) is 0 Å². The average molecular weight is 472 g/mol. The molecule has 0 unspecified atom stereocenters. The topological polar surface area (TPSA) is 73.4 Å². The maximum Gasteiger partial charge on any atom is 0.439 e. The van der Waals surface area contributed by atoms with Gasteiger partial charge in [-0.1, -0.05) is 30.3 Å². The van der Waals surface area contributed by atoms with Gasteiger partial charge in [-0.05, 0) is 6.42 Å². The number of rotatable bonds is 2. The summed E-state index contributed by atoms with van der Waals surface area (Å²) < 4.78 is 54.8. The summed E-state index contributed by atoms with van der Waals surface area (Å²) in [6, 6.07) is 9.40. The molecule has 8 nitrogen and oxygen atoms in total. The van der Waals surface area contributed by atoms with E-state index < -0.39 is 17.5 Å². The number of hydrogen-bond acceptors (Lipinski definition) is 5. The van der Waals surface area contributed by atoms with Crippen molar-refractivity contribution in [1.82, 2.24) is 19.7 Å². The minimum absolute atomic E-state index is 0.0579. The first-order chi connectivity index (χ1) is 16.4. The van der Waals surface area contributed by atoms with Crippen LogP contribution in [0.15, 0.2) is 42.7 Å². The minimum atomic E-state index is -4.61. The molecule has 2 aromatic heterocycles. The van der Waals surface area contributed by atoms with Gasteiger partial charge in [0.25, 0.3) is 11.6 Å². The number of hydrogen-bond donors (Lipinski definition) is 0. The molecule has 3 aliphatic rings. The highest BCUT2D eigenvalue weighted by molar-refractivity contribution is 6.01. The van der Waals surface area contributed by atoms with Gasteiger partial charge in [0.15, 0.2) is 6.61 Å². The second-order valence-corrected chi connectivity index (χ2v) is 8.62.